The number of rotatable bonds is 4. The molecule has 2 fully saturated rings. The van der Waals surface area contributed by atoms with Crippen LogP contribution in [0.2, 0.25) is 0 Å². The van der Waals surface area contributed by atoms with E-state index in [2.05, 4.69) is 5.32 Å². The van der Waals surface area contributed by atoms with E-state index in [1.807, 2.05) is 0 Å². The third-order valence-electron chi connectivity index (χ3n) is 4.28. The van der Waals surface area contributed by atoms with Crippen molar-refractivity contribution in [2.45, 2.75) is 51.5 Å². The molecule has 2 rings (SSSR count). The van der Waals surface area contributed by atoms with Crippen molar-refractivity contribution in [2.75, 3.05) is 18.8 Å². The molecule has 110 valence electrons. The average molecular weight is 288 g/mol. The molecule has 0 radical (unpaired) electrons. The van der Waals surface area contributed by atoms with Crippen molar-refractivity contribution in [3.8, 4) is 0 Å². The summed E-state index contributed by atoms with van der Waals surface area (Å²) in [5.74, 6) is 0.260. The molecular weight excluding hydrogens is 264 g/mol. The maximum absolute atomic E-state index is 12.1. The molecule has 1 N–H and O–H groups in total. The van der Waals surface area contributed by atoms with Crippen LogP contribution in [0.1, 0.15) is 45.4 Å². The van der Waals surface area contributed by atoms with Gasteiger partial charge in [0.1, 0.15) is 0 Å². The SMILES string of the molecule is CCS(=O)(=O)N1CCC(C(=O)NC2CCCC2)CC1. The molecule has 1 saturated carbocycles. The minimum absolute atomic E-state index is 0.0103. The third-order valence-corrected chi connectivity index (χ3v) is 6.17. The number of carbonyl (C=O) groups excluding carboxylic acids is 1. The van der Waals surface area contributed by atoms with Gasteiger partial charge in [0.15, 0.2) is 0 Å². The fourth-order valence-electron chi connectivity index (χ4n) is 2.97. The number of amides is 1. The summed E-state index contributed by atoms with van der Waals surface area (Å²) < 4.78 is 25.0. The zero-order valence-electron chi connectivity index (χ0n) is 11.6. The van der Waals surface area contributed by atoms with E-state index in [0.717, 1.165) is 12.8 Å². The van der Waals surface area contributed by atoms with Crippen molar-refractivity contribution in [3.63, 3.8) is 0 Å². The molecule has 1 amide bonds. The van der Waals surface area contributed by atoms with E-state index in [-0.39, 0.29) is 17.6 Å². The number of hydrogen-bond donors (Lipinski definition) is 1. The highest BCUT2D eigenvalue weighted by Gasteiger charge is 2.31. The Morgan fingerprint density at radius 2 is 1.74 bits per heavy atom. The Morgan fingerprint density at radius 1 is 1.16 bits per heavy atom. The molecule has 0 bridgehead atoms. The van der Waals surface area contributed by atoms with Gasteiger partial charge in [-0.1, -0.05) is 12.8 Å². The Bertz CT molecular complexity index is 408. The van der Waals surface area contributed by atoms with Crippen molar-refractivity contribution in [1.82, 2.24) is 9.62 Å². The highest BCUT2D eigenvalue weighted by Crippen LogP contribution is 2.22. The van der Waals surface area contributed by atoms with Gasteiger partial charge in [0.05, 0.1) is 5.75 Å². The summed E-state index contributed by atoms with van der Waals surface area (Å²) in [6, 6.07) is 0.352. The second-order valence-electron chi connectivity index (χ2n) is 5.56. The Morgan fingerprint density at radius 3 is 2.26 bits per heavy atom. The van der Waals surface area contributed by atoms with E-state index in [0.29, 0.717) is 32.0 Å². The molecule has 0 aromatic rings. The van der Waals surface area contributed by atoms with Crippen LogP contribution in [-0.2, 0) is 14.8 Å². The zero-order valence-corrected chi connectivity index (χ0v) is 12.4. The van der Waals surface area contributed by atoms with Gasteiger partial charge < -0.3 is 5.32 Å². The van der Waals surface area contributed by atoms with Gasteiger partial charge in [0, 0.05) is 25.0 Å². The van der Waals surface area contributed by atoms with E-state index in [9.17, 15) is 13.2 Å². The molecule has 1 aliphatic heterocycles. The van der Waals surface area contributed by atoms with Crippen LogP contribution in [0.15, 0.2) is 0 Å². The first-order chi connectivity index (χ1) is 9.03. The molecule has 0 spiro atoms. The summed E-state index contributed by atoms with van der Waals surface area (Å²) in [6.07, 6.45) is 5.90. The van der Waals surface area contributed by atoms with Gasteiger partial charge in [-0.25, -0.2) is 12.7 Å². The number of hydrogen-bond acceptors (Lipinski definition) is 3. The summed E-state index contributed by atoms with van der Waals surface area (Å²) >= 11 is 0. The third kappa shape index (κ3) is 3.69. The lowest BCUT2D eigenvalue weighted by Gasteiger charge is -2.30. The molecule has 1 aliphatic carbocycles. The fourth-order valence-corrected chi connectivity index (χ4v) is 4.10. The van der Waals surface area contributed by atoms with Gasteiger partial charge in [-0.3, -0.25) is 4.79 Å². The minimum Gasteiger partial charge on any atom is -0.353 e. The van der Waals surface area contributed by atoms with Crippen LogP contribution in [0, 0.1) is 5.92 Å². The van der Waals surface area contributed by atoms with E-state index in [1.54, 1.807) is 6.92 Å². The Labute approximate surface area is 115 Å². The Kier molecular flexibility index (Phi) is 4.84. The van der Waals surface area contributed by atoms with Crippen molar-refractivity contribution in [2.24, 2.45) is 5.92 Å². The van der Waals surface area contributed by atoms with Crippen LogP contribution in [0.5, 0.6) is 0 Å². The molecule has 0 aromatic heterocycles. The highest BCUT2D eigenvalue weighted by molar-refractivity contribution is 7.89. The van der Waals surface area contributed by atoms with Gasteiger partial charge in [-0.05, 0) is 32.6 Å². The van der Waals surface area contributed by atoms with Crippen LogP contribution in [-0.4, -0.2) is 43.5 Å². The van der Waals surface area contributed by atoms with Crippen molar-refractivity contribution < 1.29 is 13.2 Å². The molecule has 1 heterocycles. The molecule has 0 atom stereocenters. The lowest BCUT2D eigenvalue weighted by atomic mass is 9.97. The second-order valence-corrected chi connectivity index (χ2v) is 7.82. The van der Waals surface area contributed by atoms with Crippen LogP contribution >= 0.6 is 0 Å². The smallest absolute Gasteiger partial charge is 0.223 e. The summed E-state index contributed by atoms with van der Waals surface area (Å²) in [5, 5.41) is 3.11. The quantitative estimate of drug-likeness (QED) is 0.842. The first kappa shape index (κ1) is 14.8. The van der Waals surface area contributed by atoms with Crippen LogP contribution in [0.4, 0.5) is 0 Å². The van der Waals surface area contributed by atoms with Crippen LogP contribution in [0.3, 0.4) is 0 Å². The fraction of sp³-hybridized carbons (Fsp3) is 0.923. The highest BCUT2D eigenvalue weighted by atomic mass is 32.2. The predicted octanol–water partition coefficient (Wildman–Crippen LogP) is 1.11. The van der Waals surface area contributed by atoms with Crippen molar-refractivity contribution >= 4 is 15.9 Å². The van der Waals surface area contributed by atoms with E-state index >= 15 is 0 Å². The van der Waals surface area contributed by atoms with Crippen molar-refractivity contribution in [3.05, 3.63) is 0 Å². The largest absolute Gasteiger partial charge is 0.353 e. The lowest BCUT2D eigenvalue weighted by Crippen LogP contribution is -2.45. The summed E-state index contributed by atoms with van der Waals surface area (Å²) in [6.45, 7) is 2.63. The topological polar surface area (TPSA) is 66.5 Å². The molecule has 0 aromatic carbocycles. The molecule has 5 nitrogen and oxygen atoms in total. The van der Waals surface area contributed by atoms with Gasteiger partial charge in [0.2, 0.25) is 15.9 Å². The van der Waals surface area contributed by atoms with Gasteiger partial charge in [-0.2, -0.15) is 0 Å². The van der Waals surface area contributed by atoms with Crippen molar-refractivity contribution in [1.29, 1.82) is 0 Å². The molecule has 0 unspecified atom stereocenters. The monoisotopic (exact) mass is 288 g/mol. The van der Waals surface area contributed by atoms with Crippen LogP contribution < -0.4 is 5.32 Å². The molecule has 19 heavy (non-hydrogen) atoms. The van der Waals surface area contributed by atoms with E-state index < -0.39 is 10.0 Å². The second kappa shape index (κ2) is 6.22. The van der Waals surface area contributed by atoms with E-state index in [1.165, 1.54) is 17.1 Å². The van der Waals surface area contributed by atoms with Gasteiger partial charge in [0.25, 0.3) is 0 Å². The maximum Gasteiger partial charge on any atom is 0.223 e. The summed E-state index contributed by atoms with van der Waals surface area (Å²) in [4.78, 5) is 12.1. The number of sulfonamides is 1. The number of piperidine rings is 1. The molecular formula is C13H24N2O3S. The molecule has 2 aliphatic rings. The Balaban J connectivity index is 1.80. The zero-order chi connectivity index (χ0) is 13.9. The minimum atomic E-state index is -3.09. The summed E-state index contributed by atoms with van der Waals surface area (Å²) in [7, 11) is -3.09. The average Bonchev–Trinajstić information content (AvgIpc) is 2.91. The standard InChI is InChI=1S/C13H24N2O3S/c1-2-19(17,18)15-9-7-11(8-10-15)13(16)14-12-5-3-4-6-12/h11-12H,2-10H2,1H3,(H,14,16). The molecule has 1 saturated heterocycles. The Hall–Kier alpha value is -0.620. The van der Waals surface area contributed by atoms with Gasteiger partial charge >= 0.3 is 0 Å². The summed E-state index contributed by atoms with van der Waals surface area (Å²) in [5.41, 5.74) is 0. The van der Waals surface area contributed by atoms with Crippen LogP contribution in [0.25, 0.3) is 0 Å². The number of nitrogens with zero attached hydrogens (tertiary/aromatic N) is 1. The normalized spacial score (nSPS) is 23.6. The maximum atomic E-state index is 12.1. The number of nitrogens with one attached hydrogen (secondary N) is 1. The lowest BCUT2D eigenvalue weighted by molar-refractivity contribution is -0.126. The predicted molar refractivity (Wildman–Crippen MR) is 74.2 cm³/mol. The first-order valence-electron chi connectivity index (χ1n) is 7.31. The van der Waals surface area contributed by atoms with Gasteiger partial charge in [-0.15, -0.1) is 0 Å². The number of carbonyl (C=O) groups is 1. The molecule has 6 heteroatoms. The first-order valence-corrected chi connectivity index (χ1v) is 8.92. The van der Waals surface area contributed by atoms with E-state index in [4.69, 9.17) is 0 Å².